The van der Waals surface area contributed by atoms with Gasteiger partial charge in [-0.3, -0.25) is 0 Å². The van der Waals surface area contributed by atoms with Gasteiger partial charge in [0.1, 0.15) is 5.82 Å². The van der Waals surface area contributed by atoms with Crippen LogP contribution in [0.4, 0.5) is 0 Å². The third kappa shape index (κ3) is 4.27. The molecule has 6 nitrogen and oxygen atoms in total. The highest BCUT2D eigenvalue weighted by atomic mass is 16.5. The minimum atomic E-state index is -0.899. The molecule has 2 N–H and O–H groups in total. The number of nitrogens with one attached hydrogen (secondary N) is 1. The predicted octanol–water partition coefficient (Wildman–Crippen LogP) is 2.86. The van der Waals surface area contributed by atoms with Crippen LogP contribution in [0, 0.1) is 5.92 Å². The number of aryl methyl sites for hydroxylation is 1. The van der Waals surface area contributed by atoms with E-state index < -0.39 is 5.97 Å². The predicted molar refractivity (Wildman–Crippen MR) is 94.4 cm³/mol. The molecule has 134 valence electrons. The number of aromatic nitrogens is 2. The maximum Gasteiger partial charge on any atom is 0.335 e. The van der Waals surface area contributed by atoms with Crippen molar-refractivity contribution >= 4 is 5.97 Å². The van der Waals surface area contributed by atoms with E-state index in [1.807, 2.05) is 24.5 Å². The first-order valence-corrected chi connectivity index (χ1v) is 8.83. The number of ether oxygens (including phenoxy) is 1. The molecule has 2 aromatic rings. The van der Waals surface area contributed by atoms with Crippen LogP contribution in [0.1, 0.15) is 47.6 Å². The molecular weight excluding hydrogens is 318 g/mol. The summed E-state index contributed by atoms with van der Waals surface area (Å²) in [5, 5.41) is 12.7. The molecule has 0 aliphatic carbocycles. The van der Waals surface area contributed by atoms with E-state index >= 15 is 0 Å². The molecule has 1 aromatic heterocycles. The molecule has 1 aliphatic rings. The number of nitrogens with zero attached hydrogens (tertiary/aromatic N) is 2. The lowest BCUT2D eigenvalue weighted by Crippen LogP contribution is -2.34. The lowest BCUT2D eigenvalue weighted by Gasteiger charge is -2.31. The molecule has 2 heterocycles. The Balaban J connectivity index is 1.74. The van der Waals surface area contributed by atoms with Crippen molar-refractivity contribution in [3.63, 3.8) is 0 Å². The molecule has 1 fully saturated rings. The van der Waals surface area contributed by atoms with E-state index in [9.17, 15) is 4.79 Å². The van der Waals surface area contributed by atoms with Gasteiger partial charge in [0.05, 0.1) is 11.6 Å². The lowest BCUT2D eigenvalue weighted by atomic mass is 9.90. The van der Waals surface area contributed by atoms with Crippen molar-refractivity contribution in [3.8, 4) is 0 Å². The minimum absolute atomic E-state index is 0.165. The molecule has 0 spiro atoms. The maximum atomic E-state index is 11.0. The van der Waals surface area contributed by atoms with Gasteiger partial charge in [-0.1, -0.05) is 12.1 Å². The summed E-state index contributed by atoms with van der Waals surface area (Å²) in [6.45, 7) is 5.28. The van der Waals surface area contributed by atoms with E-state index in [2.05, 4.69) is 21.8 Å². The normalized spacial score (nSPS) is 16.7. The van der Waals surface area contributed by atoms with Gasteiger partial charge in [-0.25, -0.2) is 9.78 Å². The van der Waals surface area contributed by atoms with Crippen LogP contribution in [0.15, 0.2) is 36.7 Å². The molecule has 6 heteroatoms. The molecule has 25 heavy (non-hydrogen) atoms. The van der Waals surface area contributed by atoms with E-state index in [0.29, 0.717) is 18.0 Å². The second kappa shape index (κ2) is 8.27. The fraction of sp³-hybridized carbons (Fsp3) is 0.474. The fourth-order valence-corrected chi connectivity index (χ4v) is 3.38. The van der Waals surface area contributed by atoms with Crippen LogP contribution in [0.5, 0.6) is 0 Å². The summed E-state index contributed by atoms with van der Waals surface area (Å²) in [6.07, 6.45) is 5.91. The number of carboxylic acids is 1. The Kier molecular flexibility index (Phi) is 5.83. The molecule has 1 aliphatic heterocycles. The summed E-state index contributed by atoms with van der Waals surface area (Å²) >= 11 is 0. The van der Waals surface area contributed by atoms with Gasteiger partial charge in [0, 0.05) is 38.7 Å². The van der Waals surface area contributed by atoms with Crippen molar-refractivity contribution in [1.82, 2.24) is 14.9 Å². The van der Waals surface area contributed by atoms with Gasteiger partial charge in [0.15, 0.2) is 0 Å². The Bertz CT molecular complexity index is 690. The first-order valence-electron chi connectivity index (χ1n) is 8.83. The van der Waals surface area contributed by atoms with Crippen LogP contribution in [0.3, 0.4) is 0 Å². The van der Waals surface area contributed by atoms with Crippen LogP contribution in [0.25, 0.3) is 0 Å². The average molecular weight is 343 g/mol. The quantitative estimate of drug-likeness (QED) is 0.808. The molecule has 1 atom stereocenters. The number of benzene rings is 1. The summed E-state index contributed by atoms with van der Waals surface area (Å²) in [4.78, 5) is 15.6. The molecule has 0 radical (unpaired) electrons. The van der Waals surface area contributed by atoms with Crippen LogP contribution in [-0.2, 0) is 17.8 Å². The number of carbonyl (C=O) groups is 1. The largest absolute Gasteiger partial charge is 0.478 e. The van der Waals surface area contributed by atoms with E-state index in [-0.39, 0.29) is 6.04 Å². The fourth-order valence-electron chi connectivity index (χ4n) is 3.38. The first-order chi connectivity index (χ1) is 12.2. The summed E-state index contributed by atoms with van der Waals surface area (Å²) in [5.74, 6) is 0.654. The number of hydrogen-bond donors (Lipinski definition) is 2. The van der Waals surface area contributed by atoms with E-state index in [1.165, 1.54) is 0 Å². The molecule has 1 aromatic carbocycles. The SMILES string of the molecule is CCn1ccnc1C(NCc1ccc(C(=O)O)cc1)C1CCOCC1. The van der Waals surface area contributed by atoms with Gasteiger partial charge in [-0.2, -0.15) is 0 Å². The van der Waals surface area contributed by atoms with Crippen molar-refractivity contribution in [1.29, 1.82) is 0 Å². The Hall–Kier alpha value is -2.18. The number of imidazole rings is 1. The Morgan fingerprint density at radius 3 is 2.72 bits per heavy atom. The summed E-state index contributed by atoms with van der Waals surface area (Å²) in [7, 11) is 0. The Morgan fingerprint density at radius 1 is 1.36 bits per heavy atom. The van der Waals surface area contributed by atoms with Gasteiger partial charge in [0.25, 0.3) is 0 Å². The average Bonchev–Trinajstić information content (AvgIpc) is 3.12. The molecular formula is C19H25N3O3. The molecule has 3 rings (SSSR count). The maximum absolute atomic E-state index is 11.0. The highest BCUT2D eigenvalue weighted by Gasteiger charge is 2.28. The van der Waals surface area contributed by atoms with Gasteiger partial charge in [-0.15, -0.1) is 0 Å². The summed E-state index contributed by atoms with van der Waals surface area (Å²) < 4.78 is 7.69. The standard InChI is InChI=1S/C19H25N3O3/c1-2-22-10-9-20-18(22)17(15-7-11-25-12-8-15)21-13-14-3-5-16(6-4-14)19(23)24/h3-6,9-10,15,17,21H,2,7-8,11-13H2,1H3,(H,23,24). The summed E-state index contributed by atoms with van der Waals surface area (Å²) in [6, 6.07) is 7.19. The third-order valence-electron chi connectivity index (χ3n) is 4.83. The van der Waals surface area contributed by atoms with Crippen LogP contribution < -0.4 is 5.32 Å². The zero-order chi connectivity index (χ0) is 17.6. The van der Waals surface area contributed by atoms with Crippen LogP contribution >= 0.6 is 0 Å². The minimum Gasteiger partial charge on any atom is -0.478 e. The van der Waals surface area contributed by atoms with Crippen molar-refractivity contribution in [2.24, 2.45) is 5.92 Å². The van der Waals surface area contributed by atoms with Gasteiger partial charge in [0.2, 0.25) is 0 Å². The zero-order valence-electron chi connectivity index (χ0n) is 14.5. The van der Waals surface area contributed by atoms with E-state index in [4.69, 9.17) is 9.84 Å². The lowest BCUT2D eigenvalue weighted by molar-refractivity contribution is 0.0517. The first kappa shape index (κ1) is 17.6. The molecule has 0 amide bonds. The smallest absolute Gasteiger partial charge is 0.335 e. The third-order valence-corrected chi connectivity index (χ3v) is 4.83. The molecule has 0 bridgehead atoms. The second-order valence-corrected chi connectivity index (χ2v) is 6.38. The Morgan fingerprint density at radius 2 is 2.08 bits per heavy atom. The van der Waals surface area contributed by atoms with Crippen LogP contribution in [0.2, 0.25) is 0 Å². The topological polar surface area (TPSA) is 76.4 Å². The van der Waals surface area contributed by atoms with E-state index in [1.54, 1.807) is 12.1 Å². The van der Waals surface area contributed by atoms with Crippen molar-refractivity contribution < 1.29 is 14.6 Å². The number of carboxylic acid groups (broad SMARTS) is 1. The van der Waals surface area contributed by atoms with Crippen molar-refractivity contribution in [2.45, 2.75) is 38.9 Å². The summed E-state index contributed by atoms with van der Waals surface area (Å²) in [5.41, 5.74) is 1.38. The Labute approximate surface area is 147 Å². The highest BCUT2D eigenvalue weighted by molar-refractivity contribution is 5.87. The van der Waals surface area contributed by atoms with Crippen molar-refractivity contribution in [3.05, 3.63) is 53.6 Å². The number of aromatic carboxylic acids is 1. The number of hydrogen-bond acceptors (Lipinski definition) is 4. The van der Waals surface area contributed by atoms with Crippen molar-refractivity contribution in [2.75, 3.05) is 13.2 Å². The number of rotatable bonds is 7. The monoisotopic (exact) mass is 343 g/mol. The van der Waals surface area contributed by atoms with Gasteiger partial charge >= 0.3 is 5.97 Å². The molecule has 0 saturated carbocycles. The highest BCUT2D eigenvalue weighted by Crippen LogP contribution is 2.29. The second-order valence-electron chi connectivity index (χ2n) is 6.38. The van der Waals surface area contributed by atoms with Crippen LogP contribution in [-0.4, -0.2) is 33.8 Å². The zero-order valence-corrected chi connectivity index (χ0v) is 14.5. The van der Waals surface area contributed by atoms with Gasteiger partial charge in [-0.05, 0) is 43.4 Å². The van der Waals surface area contributed by atoms with Gasteiger partial charge < -0.3 is 19.7 Å². The molecule has 1 unspecified atom stereocenters. The van der Waals surface area contributed by atoms with E-state index in [0.717, 1.165) is 44.0 Å². The molecule has 1 saturated heterocycles.